The van der Waals surface area contributed by atoms with Crippen LogP contribution in [0, 0.1) is 11.7 Å². The number of hydrogen-bond acceptors (Lipinski definition) is 5. The lowest BCUT2D eigenvalue weighted by Gasteiger charge is -2.35. The van der Waals surface area contributed by atoms with Gasteiger partial charge in [0.1, 0.15) is 5.82 Å². The molecular weight excluding hydrogens is 359 g/mol. The summed E-state index contributed by atoms with van der Waals surface area (Å²) in [5.74, 6) is 0.875. The van der Waals surface area contributed by atoms with Crippen LogP contribution in [0.5, 0.6) is 0 Å². The van der Waals surface area contributed by atoms with Gasteiger partial charge in [-0.3, -0.25) is 10.2 Å². The monoisotopic (exact) mass is 388 g/mol. The molecule has 2 saturated heterocycles. The number of piperidine rings is 2. The number of carbonyl (C=O) groups is 1. The molecule has 2 aliphatic heterocycles. The van der Waals surface area contributed by atoms with Gasteiger partial charge in [0.2, 0.25) is 5.91 Å². The molecule has 0 bridgehead atoms. The van der Waals surface area contributed by atoms with Crippen molar-refractivity contribution < 1.29 is 13.7 Å². The molecule has 2 aromatic rings. The molecule has 1 aromatic heterocycles. The van der Waals surface area contributed by atoms with E-state index < -0.39 is 0 Å². The Balaban J connectivity index is 1.22. The van der Waals surface area contributed by atoms with E-state index in [0.29, 0.717) is 11.5 Å². The van der Waals surface area contributed by atoms with Crippen LogP contribution >= 0.6 is 0 Å². The highest BCUT2D eigenvalue weighted by Crippen LogP contribution is 2.33. The molecule has 152 valence electrons. The molecule has 2 aliphatic rings. The van der Waals surface area contributed by atoms with E-state index in [4.69, 9.17) is 4.52 Å². The van der Waals surface area contributed by atoms with Crippen molar-refractivity contribution in [3.63, 3.8) is 0 Å². The number of halogens is 1. The summed E-state index contributed by atoms with van der Waals surface area (Å²) in [7, 11) is 0. The maximum atomic E-state index is 13.3. The number of aromatic nitrogens is 1. The van der Waals surface area contributed by atoms with E-state index in [2.05, 4.69) is 15.5 Å². The normalized spacial score (nSPS) is 20.6. The fourth-order valence-corrected chi connectivity index (χ4v) is 4.58. The number of nitrogens with zero attached hydrogens (tertiary/aromatic N) is 3. The number of benzene rings is 1. The van der Waals surface area contributed by atoms with E-state index in [9.17, 15) is 9.18 Å². The summed E-state index contributed by atoms with van der Waals surface area (Å²) in [6, 6.07) is 4.68. The predicted molar refractivity (Wildman–Crippen MR) is 105 cm³/mol. The predicted octanol–water partition coefficient (Wildman–Crippen LogP) is 3.30. The molecule has 0 saturated carbocycles. The van der Waals surface area contributed by atoms with Crippen molar-refractivity contribution in [2.45, 2.75) is 44.9 Å². The second-order valence-corrected chi connectivity index (χ2v) is 8.21. The zero-order chi connectivity index (χ0) is 19.5. The van der Waals surface area contributed by atoms with Gasteiger partial charge in [-0.05, 0) is 69.8 Å². The van der Waals surface area contributed by atoms with Crippen LogP contribution in [-0.4, -0.2) is 53.7 Å². The Kier molecular flexibility index (Phi) is 5.92. The zero-order valence-corrected chi connectivity index (χ0v) is 16.5. The standard InChI is InChI=1S/C21H29FN4O2/c1-15(27)23-26-12-5-16(6-13-26)4-9-25-10-7-17(8-11-25)21-19-3-2-18(22)14-20(19)28-24-21/h2-3,14,16-17H,4-13H2,1H3,(H,23,27). The van der Waals surface area contributed by atoms with E-state index in [1.807, 2.05) is 5.01 Å². The van der Waals surface area contributed by atoms with Gasteiger partial charge < -0.3 is 9.42 Å². The summed E-state index contributed by atoms with van der Waals surface area (Å²) in [4.78, 5) is 13.7. The highest BCUT2D eigenvalue weighted by atomic mass is 19.1. The molecule has 1 N–H and O–H groups in total. The number of likely N-dealkylation sites (tertiary alicyclic amines) is 1. The van der Waals surface area contributed by atoms with E-state index >= 15 is 0 Å². The molecular formula is C21H29FN4O2. The summed E-state index contributed by atoms with van der Waals surface area (Å²) in [6.07, 6.45) is 5.67. The average molecular weight is 388 g/mol. The van der Waals surface area contributed by atoms with Crippen LogP contribution in [0.2, 0.25) is 0 Å². The van der Waals surface area contributed by atoms with Crippen molar-refractivity contribution in [2.24, 2.45) is 5.92 Å². The summed E-state index contributed by atoms with van der Waals surface area (Å²) >= 11 is 0. The number of hydrazine groups is 1. The lowest BCUT2D eigenvalue weighted by molar-refractivity contribution is -0.124. The minimum Gasteiger partial charge on any atom is -0.356 e. The average Bonchev–Trinajstić information content (AvgIpc) is 3.10. The molecule has 4 rings (SSSR count). The van der Waals surface area contributed by atoms with Crippen molar-refractivity contribution in [1.82, 2.24) is 20.5 Å². The lowest BCUT2D eigenvalue weighted by atomic mass is 9.90. The highest BCUT2D eigenvalue weighted by Gasteiger charge is 2.26. The van der Waals surface area contributed by atoms with Gasteiger partial charge in [-0.1, -0.05) is 5.16 Å². The van der Waals surface area contributed by atoms with Crippen LogP contribution in [0.25, 0.3) is 11.0 Å². The first-order valence-electron chi connectivity index (χ1n) is 10.4. The van der Waals surface area contributed by atoms with Crippen LogP contribution in [0.3, 0.4) is 0 Å². The first kappa shape index (κ1) is 19.3. The van der Waals surface area contributed by atoms with Crippen molar-refractivity contribution in [3.8, 4) is 0 Å². The van der Waals surface area contributed by atoms with E-state index in [-0.39, 0.29) is 11.7 Å². The van der Waals surface area contributed by atoms with Crippen LogP contribution in [0.15, 0.2) is 22.7 Å². The number of hydrogen-bond donors (Lipinski definition) is 1. The maximum Gasteiger partial charge on any atom is 0.231 e. The third-order valence-electron chi connectivity index (χ3n) is 6.22. The zero-order valence-electron chi connectivity index (χ0n) is 16.5. The van der Waals surface area contributed by atoms with E-state index in [0.717, 1.165) is 75.4 Å². The second-order valence-electron chi connectivity index (χ2n) is 8.21. The van der Waals surface area contributed by atoms with E-state index in [1.165, 1.54) is 18.6 Å². The molecule has 1 aromatic carbocycles. The number of nitrogens with one attached hydrogen (secondary N) is 1. The molecule has 7 heteroatoms. The van der Waals surface area contributed by atoms with Gasteiger partial charge in [-0.2, -0.15) is 0 Å². The van der Waals surface area contributed by atoms with Gasteiger partial charge in [0, 0.05) is 37.4 Å². The van der Waals surface area contributed by atoms with Crippen molar-refractivity contribution in [1.29, 1.82) is 0 Å². The van der Waals surface area contributed by atoms with Gasteiger partial charge in [0.15, 0.2) is 5.58 Å². The summed E-state index contributed by atoms with van der Waals surface area (Å²) < 4.78 is 18.7. The van der Waals surface area contributed by atoms with Gasteiger partial charge >= 0.3 is 0 Å². The summed E-state index contributed by atoms with van der Waals surface area (Å²) in [6.45, 7) is 6.76. The molecule has 0 atom stereocenters. The Morgan fingerprint density at radius 1 is 1.21 bits per heavy atom. The minimum absolute atomic E-state index is 0.0198. The maximum absolute atomic E-state index is 13.3. The third kappa shape index (κ3) is 4.52. The quantitative estimate of drug-likeness (QED) is 0.852. The number of carbonyl (C=O) groups excluding carboxylic acids is 1. The van der Waals surface area contributed by atoms with Crippen LogP contribution in [0.1, 0.15) is 50.6 Å². The molecule has 0 spiro atoms. The molecule has 2 fully saturated rings. The Bertz CT molecular complexity index is 808. The molecule has 0 unspecified atom stereocenters. The topological polar surface area (TPSA) is 61.6 Å². The molecule has 6 nitrogen and oxygen atoms in total. The molecule has 1 amide bonds. The Morgan fingerprint density at radius 2 is 1.96 bits per heavy atom. The first-order chi connectivity index (χ1) is 13.6. The minimum atomic E-state index is -0.284. The SMILES string of the molecule is CC(=O)NN1CCC(CCN2CCC(c3noc4cc(F)ccc34)CC2)CC1. The van der Waals surface area contributed by atoms with Gasteiger partial charge in [-0.25, -0.2) is 9.40 Å². The smallest absolute Gasteiger partial charge is 0.231 e. The fourth-order valence-electron chi connectivity index (χ4n) is 4.58. The summed E-state index contributed by atoms with van der Waals surface area (Å²) in [5.41, 5.74) is 4.42. The van der Waals surface area contributed by atoms with Crippen LogP contribution < -0.4 is 5.43 Å². The number of amides is 1. The van der Waals surface area contributed by atoms with Crippen LogP contribution in [-0.2, 0) is 4.79 Å². The van der Waals surface area contributed by atoms with Gasteiger partial charge in [0.25, 0.3) is 0 Å². The Morgan fingerprint density at radius 3 is 2.68 bits per heavy atom. The largest absolute Gasteiger partial charge is 0.356 e. The first-order valence-corrected chi connectivity index (χ1v) is 10.4. The molecule has 3 heterocycles. The van der Waals surface area contributed by atoms with Crippen molar-refractivity contribution in [3.05, 3.63) is 29.7 Å². The third-order valence-corrected chi connectivity index (χ3v) is 6.22. The molecule has 0 aliphatic carbocycles. The Labute approximate surface area is 165 Å². The molecule has 0 radical (unpaired) electrons. The van der Waals surface area contributed by atoms with E-state index in [1.54, 1.807) is 13.0 Å². The van der Waals surface area contributed by atoms with Gasteiger partial charge in [0.05, 0.1) is 5.69 Å². The molecule has 28 heavy (non-hydrogen) atoms. The second kappa shape index (κ2) is 8.57. The summed E-state index contributed by atoms with van der Waals surface area (Å²) in [5, 5.41) is 7.23. The van der Waals surface area contributed by atoms with Crippen molar-refractivity contribution in [2.75, 3.05) is 32.7 Å². The van der Waals surface area contributed by atoms with Crippen LogP contribution in [0.4, 0.5) is 4.39 Å². The number of rotatable bonds is 5. The Hall–Kier alpha value is -1.99. The highest BCUT2D eigenvalue weighted by molar-refractivity contribution is 5.79. The lowest BCUT2D eigenvalue weighted by Crippen LogP contribution is -2.46. The number of fused-ring (bicyclic) bond motifs is 1. The van der Waals surface area contributed by atoms with Gasteiger partial charge in [-0.15, -0.1) is 0 Å². The van der Waals surface area contributed by atoms with Crippen molar-refractivity contribution >= 4 is 16.9 Å². The fraction of sp³-hybridized carbons (Fsp3) is 0.619.